The molecule has 0 spiro atoms. The Balaban J connectivity index is 1.35. The molecule has 3 aromatic rings. The van der Waals surface area contributed by atoms with Crippen molar-refractivity contribution in [3.05, 3.63) is 54.7 Å². The van der Waals surface area contributed by atoms with E-state index in [-0.39, 0.29) is 24.3 Å². The topological polar surface area (TPSA) is 98.2 Å². The van der Waals surface area contributed by atoms with E-state index in [9.17, 15) is 9.59 Å². The summed E-state index contributed by atoms with van der Waals surface area (Å²) in [5.74, 6) is 1.66. The highest BCUT2D eigenvalue weighted by molar-refractivity contribution is 5.94. The molecule has 1 aliphatic carbocycles. The smallest absolute Gasteiger partial charge is 0.246 e. The lowest BCUT2D eigenvalue weighted by atomic mass is 10.1. The summed E-state index contributed by atoms with van der Waals surface area (Å²) < 4.78 is 17.8. The summed E-state index contributed by atoms with van der Waals surface area (Å²) in [6, 6.07) is 15.1. The van der Waals surface area contributed by atoms with E-state index in [1.54, 1.807) is 19.1 Å². The average molecular weight is 534 g/mol. The summed E-state index contributed by atoms with van der Waals surface area (Å²) in [5.41, 5.74) is 2.40. The van der Waals surface area contributed by atoms with Crippen molar-refractivity contribution in [2.75, 3.05) is 65.5 Å². The number of ether oxygens (including phenoxy) is 3. The second kappa shape index (κ2) is 12.3. The Morgan fingerprint density at radius 1 is 1.00 bits per heavy atom. The number of rotatable bonds is 11. The molecule has 2 amide bonds. The highest BCUT2D eigenvalue weighted by Gasteiger charge is 2.34. The number of aromatic nitrogens is 2. The van der Waals surface area contributed by atoms with E-state index >= 15 is 0 Å². The number of morpholine rings is 1. The van der Waals surface area contributed by atoms with Crippen LogP contribution in [0.4, 0.5) is 5.95 Å². The molecule has 206 valence electrons. The molecule has 0 bridgehead atoms. The van der Waals surface area contributed by atoms with Gasteiger partial charge in [-0.25, -0.2) is 4.98 Å². The average Bonchev–Trinajstić information content (AvgIpc) is 3.75. The first-order valence-electron chi connectivity index (χ1n) is 13.3. The number of methoxy groups -OCH3 is 2. The molecule has 2 aromatic carbocycles. The molecule has 5 rings (SSSR count). The molecular weight excluding hydrogens is 498 g/mol. The van der Waals surface area contributed by atoms with Crippen LogP contribution in [0.5, 0.6) is 11.5 Å². The number of imidazole rings is 1. The fourth-order valence-electron chi connectivity index (χ4n) is 4.59. The molecule has 2 aliphatic rings. The van der Waals surface area contributed by atoms with Crippen molar-refractivity contribution < 1.29 is 23.8 Å². The summed E-state index contributed by atoms with van der Waals surface area (Å²) in [4.78, 5) is 35.0. The van der Waals surface area contributed by atoms with Crippen LogP contribution in [0.3, 0.4) is 0 Å². The second-order valence-corrected chi connectivity index (χ2v) is 9.78. The van der Waals surface area contributed by atoms with E-state index in [4.69, 9.17) is 19.2 Å². The lowest BCUT2D eigenvalue weighted by Crippen LogP contribution is -2.45. The Bertz CT molecular complexity index is 1260. The van der Waals surface area contributed by atoms with Gasteiger partial charge in [0.05, 0.1) is 39.7 Å². The van der Waals surface area contributed by atoms with Crippen LogP contribution in [0.1, 0.15) is 12.8 Å². The fraction of sp³-hybridized carbons (Fsp3) is 0.414. The predicted octanol–water partition coefficient (Wildman–Crippen LogP) is 3.07. The van der Waals surface area contributed by atoms with Crippen LogP contribution < -0.4 is 14.8 Å². The largest absolute Gasteiger partial charge is 0.497 e. The number of hydrogen-bond acceptors (Lipinski definition) is 7. The maximum atomic E-state index is 13.3. The molecule has 1 saturated carbocycles. The number of nitrogens with one attached hydrogen (secondary N) is 1. The zero-order valence-electron chi connectivity index (χ0n) is 22.5. The number of carbonyl (C=O) groups excluding carboxylic acids is 2. The second-order valence-electron chi connectivity index (χ2n) is 9.78. The number of benzene rings is 2. The van der Waals surface area contributed by atoms with E-state index in [0.29, 0.717) is 31.4 Å². The van der Waals surface area contributed by atoms with Crippen molar-refractivity contribution in [2.45, 2.75) is 12.8 Å². The summed E-state index contributed by atoms with van der Waals surface area (Å²) >= 11 is 0. The molecule has 0 atom stereocenters. The van der Waals surface area contributed by atoms with Crippen LogP contribution in [-0.2, 0) is 14.3 Å². The van der Waals surface area contributed by atoms with Crippen molar-refractivity contribution in [3.63, 3.8) is 0 Å². The summed E-state index contributed by atoms with van der Waals surface area (Å²) in [5, 5.41) is 2.96. The molecular formula is C29H35N5O5. The van der Waals surface area contributed by atoms with Gasteiger partial charge in [-0.1, -0.05) is 0 Å². The number of anilines is 1. The van der Waals surface area contributed by atoms with Crippen LogP contribution in [-0.4, -0.2) is 91.3 Å². The predicted molar refractivity (Wildman–Crippen MR) is 147 cm³/mol. The van der Waals surface area contributed by atoms with E-state index in [2.05, 4.69) is 10.2 Å². The minimum atomic E-state index is -0.285. The molecule has 10 heteroatoms. The first kappa shape index (κ1) is 26.7. The molecule has 10 nitrogen and oxygen atoms in total. The van der Waals surface area contributed by atoms with Gasteiger partial charge in [-0.3, -0.25) is 24.4 Å². The molecule has 1 N–H and O–H groups in total. The molecule has 2 heterocycles. The van der Waals surface area contributed by atoms with Gasteiger partial charge in [0.1, 0.15) is 11.5 Å². The Labute approximate surface area is 228 Å². The third-order valence-corrected chi connectivity index (χ3v) is 7.06. The van der Waals surface area contributed by atoms with Gasteiger partial charge >= 0.3 is 0 Å². The Morgan fingerprint density at radius 3 is 2.26 bits per heavy atom. The fourth-order valence-corrected chi connectivity index (χ4v) is 4.59. The third kappa shape index (κ3) is 6.76. The number of nitrogens with zero attached hydrogens (tertiary/aromatic N) is 4. The van der Waals surface area contributed by atoms with E-state index in [1.165, 1.54) is 0 Å². The molecule has 1 saturated heterocycles. The standard InChI is InChI=1S/C29H35N5O5/c1-37-24-9-5-21(6-10-24)26-19-34(23-7-11-25(38-2)12-8-23)29(30-26)31-27(35)20-33(28(36)22-3-4-22)14-13-32-15-17-39-18-16-32/h5-12,19,22H,3-4,13-18,20H2,1-2H3,(H,30,31,35). The van der Waals surface area contributed by atoms with Gasteiger partial charge in [0, 0.05) is 49.5 Å². The third-order valence-electron chi connectivity index (χ3n) is 7.06. The molecule has 2 fully saturated rings. The van der Waals surface area contributed by atoms with Crippen LogP contribution in [0.25, 0.3) is 16.9 Å². The highest BCUT2D eigenvalue weighted by atomic mass is 16.5. The summed E-state index contributed by atoms with van der Waals surface area (Å²) in [6.45, 7) is 4.27. The first-order valence-corrected chi connectivity index (χ1v) is 13.3. The SMILES string of the molecule is COc1ccc(-c2cn(-c3ccc(OC)cc3)c(NC(=O)CN(CCN3CCOCC3)C(=O)C3CC3)n2)cc1. The molecule has 39 heavy (non-hydrogen) atoms. The monoisotopic (exact) mass is 533 g/mol. The van der Waals surface area contributed by atoms with Gasteiger partial charge < -0.3 is 19.1 Å². The number of amides is 2. The van der Waals surface area contributed by atoms with Crippen molar-refractivity contribution >= 4 is 17.8 Å². The van der Waals surface area contributed by atoms with Crippen LogP contribution in [0.2, 0.25) is 0 Å². The van der Waals surface area contributed by atoms with E-state index < -0.39 is 0 Å². The zero-order valence-corrected chi connectivity index (χ0v) is 22.5. The first-order chi connectivity index (χ1) is 19.0. The van der Waals surface area contributed by atoms with Crippen molar-refractivity contribution in [2.24, 2.45) is 5.92 Å². The van der Waals surface area contributed by atoms with Gasteiger partial charge in [-0.2, -0.15) is 0 Å². The quantitative estimate of drug-likeness (QED) is 0.405. The van der Waals surface area contributed by atoms with Gasteiger partial charge in [0.15, 0.2) is 0 Å². The van der Waals surface area contributed by atoms with Crippen LogP contribution >= 0.6 is 0 Å². The minimum Gasteiger partial charge on any atom is -0.497 e. The summed E-state index contributed by atoms with van der Waals surface area (Å²) in [6.07, 6.45) is 3.66. The number of hydrogen-bond donors (Lipinski definition) is 1. The van der Waals surface area contributed by atoms with Crippen molar-refractivity contribution in [1.29, 1.82) is 0 Å². The van der Waals surface area contributed by atoms with Gasteiger partial charge in [-0.15, -0.1) is 0 Å². The van der Waals surface area contributed by atoms with E-state index in [1.807, 2.05) is 59.3 Å². The normalized spacial score (nSPS) is 15.5. The Kier molecular flexibility index (Phi) is 8.43. The van der Waals surface area contributed by atoms with Crippen LogP contribution in [0, 0.1) is 5.92 Å². The lowest BCUT2D eigenvalue weighted by Gasteiger charge is -2.30. The Hall–Kier alpha value is -3.89. The highest BCUT2D eigenvalue weighted by Crippen LogP contribution is 2.31. The molecule has 0 radical (unpaired) electrons. The maximum absolute atomic E-state index is 13.3. The molecule has 1 aliphatic heterocycles. The Morgan fingerprint density at radius 2 is 1.64 bits per heavy atom. The van der Waals surface area contributed by atoms with Gasteiger partial charge in [-0.05, 0) is 61.4 Å². The van der Waals surface area contributed by atoms with Crippen molar-refractivity contribution in [1.82, 2.24) is 19.4 Å². The summed E-state index contributed by atoms with van der Waals surface area (Å²) in [7, 11) is 3.24. The van der Waals surface area contributed by atoms with Crippen molar-refractivity contribution in [3.8, 4) is 28.4 Å². The van der Waals surface area contributed by atoms with Gasteiger partial charge in [0.2, 0.25) is 17.8 Å². The zero-order chi connectivity index (χ0) is 27.2. The maximum Gasteiger partial charge on any atom is 0.246 e. The molecule has 0 unspecified atom stereocenters. The van der Waals surface area contributed by atoms with Crippen LogP contribution in [0.15, 0.2) is 54.7 Å². The minimum absolute atomic E-state index is 0.0208. The lowest BCUT2D eigenvalue weighted by molar-refractivity contribution is -0.136. The number of carbonyl (C=O) groups is 2. The van der Waals surface area contributed by atoms with E-state index in [0.717, 1.165) is 55.2 Å². The molecule has 1 aromatic heterocycles. The van der Waals surface area contributed by atoms with Gasteiger partial charge in [0.25, 0.3) is 0 Å².